The van der Waals surface area contributed by atoms with Gasteiger partial charge in [0, 0.05) is 11.6 Å². The lowest BCUT2D eigenvalue weighted by Crippen LogP contribution is -2.29. The maximum absolute atomic E-state index is 13.1. The Hall–Kier alpha value is -3.50. The molecule has 0 unspecified atom stereocenters. The van der Waals surface area contributed by atoms with Crippen molar-refractivity contribution < 1.29 is 23.9 Å². The molecule has 1 saturated heterocycles. The third-order valence-electron chi connectivity index (χ3n) is 4.25. The Balaban J connectivity index is 1.78. The SMILES string of the molecule is COC(=O)/C=C1\SC(=NC(=O)c2ccccc2)N(c2nc3ccc(OC)cc3s2)C1=O. The van der Waals surface area contributed by atoms with E-state index in [4.69, 9.17) is 4.74 Å². The molecule has 0 radical (unpaired) electrons. The molecule has 0 N–H and O–H groups in total. The van der Waals surface area contributed by atoms with Gasteiger partial charge in [0.05, 0.1) is 29.3 Å². The Morgan fingerprint density at radius 2 is 1.90 bits per heavy atom. The van der Waals surface area contributed by atoms with Gasteiger partial charge >= 0.3 is 5.97 Å². The van der Waals surface area contributed by atoms with Gasteiger partial charge in [0.2, 0.25) is 0 Å². The normalized spacial score (nSPS) is 16.3. The zero-order chi connectivity index (χ0) is 22.0. The first-order valence-corrected chi connectivity index (χ1v) is 10.6. The molecule has 4 rings (SSSR count). The number of carbonyl (C=O) groups excluding carboxylic acids is 3. The number of rotatable bonds is 4. The number of aliphatic imine (C=N–C) groups is 1. The molecule has 1 aliphatic rings. The van der Waals surface area contributed by atoms with E-state index >= 15 is 0 Å². The molecule has 0 atom stereocenters. The Kier molecular flexibility index (Phi) is 5.83. The van der Waals surface area contributed by atoms with Gasteiger partial charge in [-0.2, -0.15) is 4.99 Å². The van der Waals surface area contributed by atoms with Crippen LogP contribution in [0.1, 0.15) is 10.4 Å². The van der Waals surface area contributed by atoms with Crippen LogP contribution in [0.2, 0.25) is 0 Å². The fraction of sp³-hybridized carbons (Fsp3) is 0.0952. The fourth-order valence-corrected chi connectivity index (χ4v) is 4.70. The summed E-state index contributed by atoms with van der Waals surface area (Å²) in [5, 5.41) is 0.439. The summed E-state index contributed by atoms with van der Waals surface area (Å²) in [4.78, 5) is 47.4. The number of ether oxygens (including phenoxy) is 2. The summed E-state index contributed by atoms with van der Waals surface area (Å²) in [5.41, 5.74) is 1.04. The number of carbonyl (C=O) groups is 3. The Bertz CT molecular complexity index is 1250. The van der Waals surface area contributed by atoms with Crippen molar-refractivity contribution in [2.45, 2.75) is 0 Å². The van der Waals surface area contributed by atoms with Gasteiger partial charge < -0.3 is 9.47 Å². The lowest BCUT2D eigenvalue weighted by atomic mass is 10.2. The van der Waals surface area contributed by atoms with E-state index in [9.17, 15) is 14.4 Å². The van der Waals surface area contributed by atoms with E-state index in [0.29, 0.717) is 22.0 Å². The third-order valence-corrected chi connectivity index (χ3v) is 6.22. The van der Waals surface area contributed by atoms with Crippen LogP contribution in [-0.4, -0.2) is 42.2 Å². The molecular weight excluding hydrogens is 438 g/mol. The second-order valence-electron chi connectivity index (χ2n) is 6.17. The molecular formula is C21H15N3O5S2. The average molecular weight is 454 g/mol. The topological polar surface area (TPSA) is 98.2 Å². The predicted octanol–water partition coefficient (Wildman–Crippen LogP) is 3.64. The van der Waals surface area contributed by atoms with Crippen molar-refractivity contribution in [2.75, 3.05) is 19.1 Å². The summed E-state index contributed by atoms with van der Waals surface area (Å²) in [7, 11) is 2.78. The molecule has 0 saturated carbocycles. The van der Waals surface area contributed by atoms with Gasteiger partial charge in [-0.1, -0.05) is 29.5 Å². The summed E-state index contributed by atoms with van der Waals surface area (Å²) in [5.74, 6) is -1.05. The lowest BCUT2D eigenvalue weighted by Gasteiger charge is -2.10. The number of benzene rings is 2. The summed E-state index contributed by atoms with van der Waals surface area (Å²) >= 11 is 2.16. The summed E-state index contributed by atoms with van der Waals surface area (Å²) in [6.07, 6.45) is 1.08. The molecule has 156 valence electrons. The number of fused-ring (bicyclic) bond motifs is 1. The number of hydrogen-bond donors (Lipinski definition) is 0. The molecule has 0 bridgehead atoms. The van der Waals surface area contributed by atoms with E-state index in [2.05, 4.69) is 14.7 Å². The molecule has 1 aliphatic heterocycles. The zero-order valence-corrected chi connectivity index (χ0v) is 18.0. The maximum atomic E-state index is 13.1. The number of amides is 2. The van der Waals surface area contributed by atoms with Gasteiger partial charge in [-0.05, 0) is 42.1 Å². The molecule has 2 heterocycles. The Labute approximate surface area is 185 Å². The number of esters is 1. The van der Waals surface area contributed by atoms with E-state index in [1.165, 1.54) is 23.3 Å². The van der Waals surface area contributed by atoms with E-state index < -0.39 is 17.8 Å². The van der Waals surface area contributed by atoms with Crippen LogP contribution in [0, 0.1) is 0 Å². The smallest absolute Gasteiger partial charge is 0.331 e. The minimum absolute atomic E-state index is 0.0864. The minimum atomic E-state index is -0.680. The van der Waals surface area contributed by atoms with Crippen molar-refractivity contribution in [2.24, 2.45) is 4.99 Å². The van der Waals surface area contributed by atoms with Crippen LogP contribution in [0.25, 0.3) is 10.2 Å². The largest absolute Gasteiger partial charge is 0.497 e. The van der Waals surface area contributed by atoms with Crippen molar-refractivity contribution in [1.82, 2.24) is 4.98 Å². The Morgan fingerprint density at radius 1 is 1.13 bits per heavy atom. The van der Waals surface area contributed by atoms with E-state index in [1.54, 1.807) is 55.6 Å². The number of anilines is 1. The summed E-state index contributed by atoms with van der Waals surface area (Å²) < 4.78 is 10.7. The number of methoxy groups -OCH3 is 2. The molecule has 1 fully saturated rings. The molecule has 8 nitrogen and oxygen atoms in total. The van der Waals surface area contributed by atoms with Gasteiger partial charge in [0.1, 0.15) is 5.75 Å². The monoisotopic (exact) mass is 453 g/mol. The molecule has 31 heavy (non-hydrogen) atoms. The highest BCUT2D eigenvalue weighted by molar-refractivity contribution is 8.19. The summed E-state index contributed by atoms with van der Waals surface area (Å²) in [6.45, 7) is 0. The molecule has 2 aromatic carbocycles. The number of thiazole rings is 1. The fourth-order valence-electron chi connectivity index (χ4n) is 2.73. The summed E-state index contributed by atoms with van der Waals surface area (Å²) in [6, 6.07) is 13.9. The van der Waals surface area contributed by atoms with Crippen molar-refractivity contribution in [3.8, 4) is 5.75 Å². The highest BCUT2D eigenvalue weighted by Crippen LogP contribution is 2.39. The number of amidine groups is 1. The van der Waals surface area contributed by atoms with Crippen LogP contribution < -0.4 is 9.64 Å². The highest BCUT2D eigenvalue weighted by Gasteiger charge is 2.38. The van der Waals surface area contributed by atoms with Crippen LogP contribution >= 0.6 is 23.1 Å². The molecule has 0 spiro atoms. The third kappa shape index (κ3) is 4.21. The van der Waals surface area contributed by atoms with Crippen molar-refractivity contribution in [3.05, 3.63) is 65.1 Å². The molecule has 10 heteroatoms. The number of nitrogens with zero attached hydrogens (tertiary/aromatic N) is 3. The number of thioether (sulfide) groups is 1. The van der Waals surface area contributed by atoms with E-state index in [0.717, 1.165) is 22.5 Å². The van der Waals surface area contributed by atoms with Crippen molar-refractivity contribution in [3.63, 3.8) is 0 Å². The standard InChI is InChI=1S/C21H15N3O5S2/c1-28-13-8-9-14-15(10-13)30-20(22-14)24-19(27)16(11-17(25)29-2)31-21(24)23-18(26)12-6-4-3-5-7-12/h3-11H,1-2H3/b16-11-,23-21?. The first-order valence-electron chi connectivity index (χ1n) is 8.94. The maximum Gasteiger partial charge on any atom is 0.331 e. The quantitative estimate of drug-likeness (QED) is 0.439. The van der Waals surface area contributed by atoms with Gasteiger partial charge in [0.25, 0.3) is 11.8 Å². The Morgan fingerprint density at radius 3 is 2.61 bits per heavy atom. The second kappa shape index (κ2) is 8.70. The van der Waals surface area contributed by atoms with Crippen LogP contribution in [0.15, 0.2) is 64.5 Å². The predicted molar refractivity (Wildman–Crippen MR) is 120 cm³/mol. The molecule has 0 aliphatic carbocycles. The highest BCUT2D eigenvalue weighted by atomic mass is 32.2. The van der Waals surface area contributed by atoms with E-state index in [1.807, 2.05) is 0 Å². The number of hydrogen-bond acceptors (Lipinski definition) is 8. The van der Waals surface area contributed by atoms with Crippen LogP contribution in [0.4, 0.5) is 5.13 Å². The minimum Gasteiger partial charge on any atom is -0.497 e. The molecule has 2 amide bonds. The van der Waals surface area contributed by atoms with Crippen LogP contribution in [0.5, 0.6) is 5.75 Å². The molecule has 3 aromatic rings. The zero-order valence-electron chi connectivity index (χ0n) is 16.4. The van der Waals surface area contributed by atoms with E-state index in [-0.39, 0.29) is 10.1 Å². The van der Waals surface area contributed by atoms with Crippen molar-refractivity contribution in [1.29, 1.82) is 0 Å². The van der Waals surface area contributed by atoms with Crippen molar-refractivity contribution >= 4 is 61.4 Å². The van der Waals surface area contributed by atoms with Crippen LogP contribution in [0.3, 0.4) is 0 Å². The second-order valence-corrected chi connectivity index (χ2v) is 8.19. The first-order chi connectivity index (χ1) is 15.0. The first kappa shape index (κ1) is 20.8. The van der Waals surface area contributed by atoms with Gasteiger partial charge in [-0.3, -0.25) is 9.59 Å². The number of aromatic nitrogens is 1. The average Bonchev–Trinajstić information content (AvgIpc) is 3.33. The van der Waals surface area contributed by atoms with Crippen LogP contribution in [-0.2, 0) is 14.3 Å². The lowest BCUT2D eigenvalue weighted by molar-refractivity contribution is -0.135. The van der Waals surface area contributed by atoms with Gasteiger partial charge in [-0.25, -0.2) is 14.7 Å². The van der Waals surface area contributed by atoms with Gasteiger partial charge in [-0.15, -0.1) is 0 Å². The van der Waals surface area contributed by atoms with Gasteiger partial charge in [0.15, 0.2) is 10.3 Å². The molecule has 1 aromatic heterocycles.